The Morgan fingerprint density at radius 1 is 1.38 bits per heavy atom. The quantitative estimate of drug-likeness (QED) is 0.777. The van der Waals surface area contributed by atoms with E-state index in [2.05, 4.69) is 18.3 Å². The number of nitrogens with one attached hydrogen (secondary N) is 1. The predicted octanol–water partition coefficient (Wildman–Crippen LogP) is 2.77. The maximum atomic E-state index is 11.5. The zero-order chi connectivity index (χ0) is 11.8. The highest BCUT2D eigenvalue weighted by atomic mass is 16.1. The van der Waals surface area contributed by atoms with Crippen LogP contribution in [0.2, 0.25) is 0 Å². The molecule has 16 heavy (non-hydrogen) atoms. The van der Waals surface area contributed by atoms with Crippen molar-refractivity contribution in [2.24, 2.45) is 5.92 Å². The van der Waals surface area contributed by atoms with E-state index in [1.54, 1.807) is 0 Å². The average molecular weight is 222 g/mol. The van der Waals surface area contributed by atoms with E-state index in [9.17, 15) is 4.79 Å². The molecule has 0 aromatic carbocycles. The smallest absolute Gasteiger partial charge is 0.220 e. The van der Waals surface area contributed by atoms with Gasteiger partial charge in [0.15, 0.2) is 0 Å². The van der Waals surface area contributed by atoms with Gasteiger partial charge in [-0.2, -0.15) is 5.26 Å². The normalized spacial score (nSPS) is 24.8. The third-order valence-electron chi connectivity index (χ3n) is 3.35. The van der Waals surface area contributed by atoms with Crippen LogP contribution in [0.3, 0.4) is 0 Å². The number of nitriles is 1. The first kappa shape index (κ1) is 13.0. The number of unbranched alkanes of at least 4 members (excludes halogenated alkanes) is 1. The van der Waals surface area contributed by atoms with Gasteiger partial charge in [-0.3, -0.25) is 4.79 Å². The first-order valence-corrected chi connectivity index (χ1v) is 6.42. The number of hydrogen-bond donors (Lipinski definition) is 1. The Balaban J connectivity index is 2.17. The summed E-state index contributed by atoms with van der Waals surface area (Å²) in [4.78, 5) is 11.5. The molecule has 3 nitrogen and oxygen atoms in total. The van der Waals surface area contributed by atoms with Crippen LogP contribution in [0.1, 0.15) is 58.3 Å². The summed E-state index contributed by atoms with van der Waals surface area (Å²) in [5.74, 6) is 0.763. The molecule has 0 aromatic heterocycles. The van der Waals surface area contributed by atoms with E-state index in [4.69, 9.17) is 5.26 Å². The third-order valence-corrected chi connectivity index (χ3v) is 3.35. The van der Waals surface area contributed by atoms with Crippen LogP contribution in [0.15, 0.2) is 0 Å². The first-order chi connectivity index (χ1) is 7.76. The summed E-state index contributed by atoms with van der Waals surface area (Å²) in [5.41, 5.74) is 0. The summed E-state index contributed by atoms with van der Waals surface area (Å²) in [6.45, 7) is 2.10. The van der Waals surface area contributed by atoms with E-state index in [0.717, 1.165) is 38.5 Å². The zero-order valence-electron chi connectivity index (χ0n) is 10.2. The van der Waals surface area contributed by atoms with E-state index in [0.29, 0.717) is 24.8 Å². The zero-order valence-corrected chi connectivity index (χ0v) is 10.2. The highest BCUT2D eigenvalue weighted by Crippen LogP contribution is 2.26. The van der Waals surface area contributed by atoms with E-state index in [1.165, 1.54) is 0 Å². The fourth-order valence-electron chi connectivity index (χ4n) is 2.28. The largest absolute Gasteiger partial charge is 0.353 e. The molecule has 3 heteroatoms. The third kappa shape index (κ3) is 4.65. The van der Waals surface area contributed by atoms with Crippen molar-refractivity contribution in [1.82, 2.24) is 5.32 Å². The molecule has 0 heterocycles. The van der Waals surface area contributed by atoms with Crippen LogP contribution in [-0.4, -0.2) is 11.9 Å². The lowest BCUT2D eigenvalue weighted by molar-refractivity contribution is -0.122. The van der Waals surface area contributed by atoms with Gasteiger partial charge in [-0.1, -0.05) is 13.3 Å². The van der Waals surface area contributed by atoms with Crippen molar-refractivity contribution < 1.29 is 4.79 Å². The van der Waals surface area contributed by atoms with Crippen molar-refractivity contribution in [2.75, 3.05) is 0 Å². The van der Waals surface area contributed by atoms with Crippen LogP contribution in [0.25, 0.3) is 0 Å². The Bertz CT molecular complexity index is 249. The van der Waals surface area contributed by atoms with Gasteiger partial charge in [0.25, 0.3) is 0 Å². The maximum absolute atomic E-state index is 11.5. The van der Waals surface area contributed by atoms with Crippen LogP contribution in [0.4, 0.5) is 0 Å². The van der Waals surface area contributed by atoms with Crippen molar-refractivity contribution in [1.29, 1.82) is 5.26 Å². The number of carbonyl (C=O) groups is 1. The van der Waals surface area contributed by atoms with Crippen molar-refractivity contribution in [3.05, 3.63) is 0 Å². The van der Waals surface area contributed by atoms with Crippen LogP contribution in [0.5, 0.6) is 0 Å². The summed E-state index contributed by atoms with van der Waals surface area (Å²) < 4.78 is 0. The van der Waals surface area contributed by atoms with Gasteiger partial charge >= 0.3 is 0 Å². The molecule has 1 saturated carbocycles. The fraction of sp³-hybridized carbons (Fsp3) is 0.846. The highest BCUT2D eigenvalue weighted by molar-refractivity contribution is 5.76. The first-order valence-electron chi connectivity index (χ1n) is 6.42. The molecule has 0 spiro atoms. The van der Waals surface area contributed by atoms with E-state index in [1.807, 2.05) is 0 Å². The molecule has 0 aliphatic heterocycles. The minimum absolute atomic E-state index is 0.200. The Morgan fingerprint density at radius 2 is 2.06 bits per heavy atom. The molecule has 0 unspecified atom stereocenters. The van der Waals surface area contributed by atoms with Gasteiger partial charge in [-0.25, -0.2) is 0 Å². The molecule has 1 aliphatic carbocycles. The summed E-state index contributed by atoms with van der Waals surface area (Å²) in [6, 6.07) is 2.59. The average Bonchev–Trinajstić information content (AvgIpc) is 2.29. The molecule has 0 atom stereocenters. The molecule has 0 aromatic rings. The molecular weight excluding hydrogens is 200 g/mol. The topological polar surface area (TPSA) is 52.9 Å². The van der Waals surface area contributed by atoms with Crippen molar-refractivity contribution in [3.8, 4) is 6.07 Å². The number of rotatable bonds is 5. The Morgan fingerprint density at radius 3 is 2.62 bits per heavy atom. The van der Waals surface area contributed by atoms with Crippen LogP contribution >= 0.6 is 0 Å². The monoisotopic (exact) mass is 222 g/mol. The second-order valence-corrected chi connectivity index (χ2v) is 4.75. The molecule has 1 rings (SSSR count). The van der Waals surface area contributed by atoms with Crippen molar-refractivity contribution in [3.63, 3.8) is 0 Å². The van der Waals surface area contributed by atoms with Crippen molar-refractivity contribution in [2.45, 2.75) is 64.3 Å². The molecule has 1 N–H and O–H groups in total. The highest BCUT2D eigenvalue weighted by Gasteiger charge is 2.21. The van der Waals surface area contributed by atoms with Gasteiger partial charge in [-0.05, 0) is 38.0 Å². The van der Waals surface area contributed by atoms with E-state index >= 15 is 0 Å². The summed E-state index contributed by atoms with van der Waals surface area (Å²) >= 11 is 0. The Kier molecular flexibility index (Phi) is 5.92. The molecular formula is C13H22N2O. The second-order valence-electron chi connectivity index (χ2n) is 4.75. The number of nitrogens with zero attached hydrogens (tertiary/aromatic N) is 1. The van der Waals surface area contributed by atoms with Gasteiger partial charge in [0, 0.05) is 18.9 Å². The van der Waals surface area contributed by atoms with Gasteiger partial charge in [-0.15, -0.1) is 0 Å². The van der Waals surface area contributed by atoms with Crippen LogP contribution < -0.4 is 5.32 Å². The van der Waals surface area contributed by atoms with E-state index < -0.39 is 0 Å². The lowest BCUT2D eigenvalue weighted by Gasteiger charge is -2.27. The summed E-state index contributed by atoms with van der Waals surface area (Å²) in [6.07, 6.45) is 7.66. The molecule has 0 bridgehead atoms. The lowest BCUT2D eigenvalue weighted by Crippen LogP contribution is -2.37. The molecule has 1 aliphatic rings. The summed E-state index contributed by atoms with van der Waals surface area (Å²) in [7, 11) is 0. The number of carbonyl (C=O) groups excluding carboxylic acids is 1. The lowest BCUT2D eigenvalue weighted by atomic mass is 9.84. The Hall–Kier alpha value is -1.04. The molecule has 90 valence electrons. The molecule has 0 saturated heterocycles. The number of hydrogen-bond acceptors (Lipinski definition) is 2. The van der Waals surface area contributed by atoms with Crippen LogP contribution in [-0.2, 0) is 4.79 Å². The SMILES string of the molecule is CCCCC(=O)NC1CCC(CC#N)CC1. The maximum Gasteiger partial charge on any atom is 0.220 e. The number of amides is 1. The second kappa shape index (κ2) is 7.27. The fourth-order valence-corrected chi connectivity index (χ4v) is 2.28. The standard InChI is InChI=1S/C13H22N2O/c1-2-3-4-13(16)15-12-7-5-11(6-8-12)9-10-14/h11-12H,2-9H2,1H3,(H,15,16). The van der Waals surface area contributed by atoms with Crippen molar-refractivity contribution >= 4 is 5.91 Å². The summed E-state index contributed by atoms with van der Waals surface area (Å²) in [5, 5.41) is 11.7. The molecule has 0 radical (unpaired) electrons. The van der Waals surface area contributed by atoms with Gasteiger partial charge in [0.2, 0.25) is 5.91 Å². The predicted molar refractivity (Wildman–Crippen MR) is 63.6 cm³/mol. The van der Waals surface area contributed by atoms with Gasteiger partial charge < -0.3 is 5.32 Å². The molecule has 1 fully saturated rings. The van der Waals surface area contributed by atoms with Gasteiger partial charge in [0.1, 0.15) is 0 Å². The Labute approximate surface area is 98.2 Å². The minimum Gasteiger partial charge on any atom is -0.353 e. The van der Waals surface area contributed by atoms with Gasteiger partial charge in [0.05, 0.1) is 6.07 Å². The minimum atomic E-state index is 0.200. The molecule has 1 amide bonds. The van der Waals surface area contributed by atoms with Crippen LogP contribution in [0, 0.1) is 17.2 Å². The van der Waals surface area contributed by atoms with E-state index in [-0.39, 0.29) is 5.91 Å².